The van der Waals surface area contributed by atoms with E-state index in [0.29, 0.717) is 37.6 Å². The minimum atomic E-state index is -0.145. The topological polar surface area (TPSA) is 65.1 Å². The molecule has 1 fully saturated rings. The van der Waals surface area contributed by atoms with E-state index in [2.05, 4.69) is 12.1 Å². The van der Waals surface area contributed by atoms with Crippen molar-refractivity contribution in [2.45, 2.75) is 26.2 Å². The lowest BCUT2D eigenvalue weighted by molar-refractivity contribution is -0.145. The number of hydrogen-bond donors (Lipinski definition) is 0. The van der Waals surface area contributed by atoms with Gasteiger partial charge in [-0.2, -0.15) is 0 Å². The summed E-state index contributed by atoms with van der Waals surface area (Å²) in [6.07, 6.45) is 1.87. The second-order valence-corrected chi connectivity index (χ2v) is 7.79. The number of rotatable bonds is 9. The highest BCUT2D eigenvalue weighted by Gasteiger charge is 2.45. The summed E-state index contributed by atoms with van der Waals surface area (Å²) < 4.78 is 15.9. The molecule has 2 aromatic rings. The molecule has 1 aliphatic carbocycles. The molecule has 1 heterocycles. The first-order valence-electron chi connectivity index (χ1n) is 10.5. The molecule has 6 heteroatoms. The Hall–Kier alpha value is -3.02. The Morgan fingerprint density at radius 1 is 1.07 bits per heavy atom. The van der Waals surface area contributed by atoms with Crippen molar-refractivity contribution in [1.29, 1.82) is 0 Å². The van der Waals surface area contributed by atoms with Crippen LogP contribution >= 0.6 is 0 Å². The Kier molecular flexibility index (Phi) is 6.21. The Morgan fingerprint density at radius 2 is 1.87 bits per heavy atom. The van der Waals surface area contributed by atoms with Gasteiger partial charge in [-0.1, -0.05) is 36.4 Å². The van der Waals surface area contributed by atoms with E-state index in [1.54, 1.807) is 0 Å². The second kappa shape index (κ2) is 9.20. The zero-order chi connectivity index (χ0) is 20.9. The maximum absolute atomic E-state index is 13.1. The fourth-order valence-electron chi connectivity index (χ4n) is 3.83. The predicted molar refractivity (Wildman–Crippen MR) is 111 cm³/mol. The summed E-state index contributed by atoms with van der Waals surface area (Å²) in [5.41, 5.74) is 2.09. The number of benzene rings is 2. The number of carbonyl (C=O) groups excluding carboxylic acids is 2. The zero-order valence-electron chi connectivity index (χ0n) is 17.2. The molecule has 1 amide bonds. The maximum atomic E-state index is 13.1. The molecule has 6 nitrogen and oxygen atoms in total. The highest BCUT2D eigenvalue weighted by molar-refractivity contribution is 5.80. The molecule has 2 atom stereocenters. The molecule has 2 aromatic carbocycles. The summed E-state index contributed by atoms with van der Waals surface area (Å²) >= 11 is 0. The van der Waals surface area contributed by atoms with Crippen LogP contribution in [-0.4, -0.2) is 43.3 Å². The molecule has 0 radical (unpaired) electrons. The van der Waals surface area contributed by atoms with Gasteiger partial charge < -0.3 is 19.1 Å². The summed E-state index contributed by atoms with van der Waals surface area (Å²) in [5.74, 6) is 1.40. The van der Waals surface area contributed by atoms with Crippen LogP contribution in [0.2, 0.25) is 0 Å². The lowest BCUT2D eigenvalue weighted by Crippen LogP contribution is -2.36. The number of amides is 1. The van der Waals surface area contributed by atoms with E-state index in [9.17, 15) is 9.59 Å². The SMILES string of the molecule is CCOC(=O)[C@H]1C[C@@H]1CN(CCc1ccccc1)C(=O)Cc1ccc2c(c1)OCO2. The van der Waals surface area contributed by atoms with Gasteiger partial charge in [0.2, 0.25) is 12.7 Å². The average molecular weight is 409 g/mol. The van der Waals surface area contributed by atoms with Crippen LogP contribution < -0.4 is 9.47 Å². The highest BCUT2D eigenvalue weighted by Crippen LogP contribution is 2.40. The van der Waals surface area contributed by atoms with Crippen molar-refractivity contribution in [1.82, 2.24) is 4.90 Å². The second-order valence-electron chi connectivity index (χ2n) is 7.79. The van der Waals surface area contributed by atoms with Crippen LogP contribution in [0.4, 0.5) is 0 Å². The quantitative estimate of drug-likeness (QED) is 0.595. The Labute approximate surface area is 176 Å². The first-order chi connectivity index (χ1) is 14.6. The third-order valence-corrected chi connectivity index (χ3v) is 5.63. The molecule has 0 spiro atoms. The van der Waals surface area contributed by atoms with Gasteiger partial charge in [0, 0.05) is 13.1 Å². The van der Waals surface area contributed by atoms with E-state index in [0.717, 1.165) is 18.4 Å². The van der Waals surface area contributed by atoms with Gasteiger partial charge in [0.1, 0.15) is 0 Å². The van der Waals surface area contributed by atoms with E-state index in [1.807, 2.05) is 48.2 Å². The van der Waals surface area contributed by atoms with Crippen LogP contribution in [0.15, 0.2) is 48.5 Å². The number of ether oxygens (including phenoxy) is 3. The van der Waals surface area contributed by atoms with Crippen molar-refractivity contribution in [3.8, 4) is 11.5 Å². The van der Waals surface area contributed by atoms with Crippen molar-refractivity contribution in [3.63, 3.8) is 0 Å². The maximum Gasteiger partial charge on any atom is 0.309 e. The fraction of sp³-hybridized carbons (Fsp3) is 0.417. The molecule has 4 rings (SSSR count). The van der Waals surface area contributed by atoms with Crippen LogP contribution in [0.1, 0.15) is 24.5 Å². The van der Waals surface area contributed by atoms with Crippen molar-refractivity contribution in [2.75, 3.05) is 26.5 Å². The molecule has 0 N–H and O–H groups in total. The minimum Gasteiger partial charge on any atom is -0.466 e. The molecular weight excluding hydrogens is 382 g/mol. The summed E-state index contributed by atoms with van der Waals surface area (Å²) in [7, 11) is 0. The molecule has 0 bridgehead atoms. The van der Waals surface area contributed by atoms with Gasteiger partial charge in [0.05, 0.1) is 18.9 Å². The van der Waals surface area contributed by atoms with Gasteiger partial charge in [-0.25, -0.2) is 0 Å². The van der Waals surface area contributed by atoms with Crippen LogP contribution in [0, 0.1) is 11.8 Å². The van der Waals surface area contributed by atoms with Gasteiger partial charge in [0.15, 0.2) is 11.5 Å². The first kappa shape index (κ1) is 20.3. The summed E-state index contributed by atoms with van der Waals surface area (Å²) in [5, 5.41) is 0. The van der Waals surface area contributed by atoms with E-state index in [4.69, 9.17) is 14.2 Å². The van der Waals surface area contributed by atoms with Crippen LogP contribution in [0.3, 0.4) is 0 Å². The lowest BCUT2D eigenvalue weighted by Gasteiger charge is -2.23. The van der Waals surface area contributed by atoms with Crippen molar-refractivity contribution >= 4 is 11.9 Å². The van der Waals surface area contributed by atoms with E-state index in [1.165, 1.54) is 5.56 Å². The third-order valence-electron chi connectivity index (χ3n) is 5.63. The highest BCUT2D eigenvalue weighted by atomic mass is 16.7. The Morgan fingerprint density at radius 3 is 2.67 bits per heavy atom. The molecule has 0 saturated heterocycles. The number of nitrogens with zero attached hydrogens (tertiary/aromatic N) is 1. The standard InChI is InChI=1S/C24H27NO5/c1-2-28-24(27)20-14-19(20)15-25(11-10-17-6-4-3-5-7-17)23(26)13-18-8-9-21-22(12-18)30-16-29-21/h3-9,12,19-20H,2,10-11,13-16H2,1H3/t19-,20+/m1/s1. The van der Waals surface area contributed by atoms with Gasteiger partial charge in [-0.15, -0.1) is 0 Å². The van der Waals surface area contributed by atoms with Crippen molar-refractivity contribution in [2.24, 2.45) is 11.8 Å². The zero-order valence-corrected chi connectivity index (χ0v) is 17.2. The van der Waals surface area contributed by atoms with Crippen LogP contribution in [-0.2, 0) is 27.2 Å². The Balaban J connectivity index is 1.40. The number of esters is 1. The normalized spacial score (nSPS) is 18.7. The summed E-state index contributed by atoms with van der Waals surface area (Å²) in [4.78, 5) is 27.0. The van der Waals surface area contributed by atoms with Gasteiger partial charge in [0.25, 0.3) is 0 Å². The van der Waals surface area contributed by atoms with E-state index in [-0.39, 0.29) is 30.5 Å². The van der Waals surface area contributed by atoms with E-state index >= 15 is 0 Å². The smallest absolute Gasteiger partial charge is 0.309 e. The lowest BCUT2D eigenvalue weighted by atomic mass is 10.1. The monoisotopic (exact) mass is 409 g/mol. The molecule has 1 aliphatic heterocycles. The van der Waals surface area contributed by atoms with Gasteiger partial charge >= 0.3 is 5.97 Å². The average Bonchev–Trinajstić information content (AvgIpc) is 3.38. The minimum absolute atomic E-state index is 0.0549. The molecule has 1 saturated carbocycles. The molecular formula is C24H27NO5. The van der Waals surface area contributed by atoms with Crippen molar-refractivity contribution in [3.05, 3.63) is 59.7 Å². The van der Waals surface area contributed by atoms with Crippen molar-refractivity contribution < 1.29 is 23.8 Å². The largest absolute Gasteiger partial charge is 0.466 e. The number of hydrogen-bond acceptors (Lipinski definition) is 5. The van der Waals surface area contributed by atoms with Gasteiger partial charge in [-0.05, 0) is 48.9 Å². The fourth-order valence-corrected chi connectivity index (χ4v) is 3.83. The molecule has 158 valence electrons. The molecule has 2 aliphatic rings. The van der Waals surface area contributed by atoms with Crippen LogP contribution in [0.25, 0.3) is 0 Å². The third kappa shape index (κ3) is 4.93. The molecule has 0 unspecified atom stereocenters. The van der Waals surface area contributed by atoms with Gasteiger partial charge in [-0.3, -0.25) is 9.59 Å². The predicted octanol–water partition coefficient (Wildman–Crippen LogP) is 3.23. The summed E-state index contributed by atoms with van der Waals surface area (Å²) in [6.45, 7) is 3.63. The number of fused-ring (bicyclic) bond motifs is 1. The summed E-state index contributed by atoms with van der Waals surface area (Å²) in [6, 6.07) is 15.8. The molecule has 0 aromatic heterocycles. The Bertz CT molecular complexity index is 898. The first-order valence-corrected chi connectivity index (χ1v) is 10.5. The molecule has 30 heavy (non-hydrogen) atoms. The van der Waals surface area contributed by atoms with E-state index < -0.39 is 0 Å². The van der Waals surface area contributed by atoms with Crippen LogP contribution in [0.5, 0.6) is 11.5 Å². The number of carbonyl (C=O) groups is 2.